The van der Waals surface area contributed by atoms with Crippen molar-refractivity contribution in [2.45, 2.75) is 56.5 Å². The van der Waals surface area contributed by atoms with Crippen LogP contribution in [0.1, 0.15) is 20.8 Å². The maximum atomic E-state index is 15.3. The monoisotopic (exact) mass is 547 g/mol. The zero-order chi connectivity index (χ0) is 26.7. The second-order valence-electron chi connectivity index (χ2n) is 8.34. The number of aliphatic hydroxyl groups excluding tert-OH is 1. The number of rotatable bonds is 10. The first-order valence-electron chi connectivity index (χ1n) is 11.0. The Morgan fingerprint density at radius 1 is 1.39 bits per heavy atom. The second kappa shape index (κ2) is 11.3. The van der Waals surface area contributed by atoms with Crippen molar-refractivity contribution in [1.29, 1.82) is 0 Å². The van der Waals surface area contributed by atoms with Gasteiger partial charge >= 0.3 is 13.7 Å². The summed E-state index contributed by atoms with van der Waals surface area (Å²) in [5, 5.41) is 12.5. The van der Waals surface area contributed by atoms with Gasteiger partial charge in [-0.3, -0.25) is 14.1 Å². The lowest BCUT2D eigenvalue weighted by molar-refractivity contribution is -0.149. The Morgan fingerprint density at radius 3 is 2.67 bits per heavy atom. The van der Waals surface area contributed by atoms with Crippen LogP contribution in [0, 0.1) is 0 Å². The van der Waals surface area contributed by atoms with Crippen LogP contribution in [0.15, 0.2) is 55.0 Å². The summed E-state index contributed by atoms with van der Waals surface area (Å²) < 4.78 is 50.5. The quantitative estimate of drug-likeness (QED) is 0.228. The van der Waals surface area contributed by atoms with Crippen molar-refractivity contribution in [2.75, 3.05) is 6.61 Å². The smallest absolute Gasteiger partial charge is 0.459 e. The summed E-state index contributed by atoms with van der Waals surface area (Å²) in [6, 6.07) is 6.90. The fraction of sp³-hybridized carbons (Fsp3) is 0.455. The molecule has 2 aliphatic heterocycles. The maximum Gasteiger partial charge on any atom is 0.459 e. The number of benzene rings is 1. The molecule has 2 heterocycles. The molecule has 36 heavy (non-hydrogen) atoms. The molecule has 0 saturated carbocycles. The highest BCUT2D eigenvalue weighted by Gasteiger charge is 2.59. The number of carbonyl (C=O) groups is 2. The topological polar surface area (TPSA) is 136 Å². The summed E-state index contributed by atoms with van der Waals surface area (Å²) in [7, 11) is -4.30. The number of aliphatic hydroxyl groups is 1. The molecule has 11 nitrogen and oxygen atoms in total. The van der Waals surface area contributed by atoms with Gasteiger partial charge in [0, 0.05) is 12.3 Å². The summed E-state index contributed by atoms with van der Waals surface area (Å²) in [4.78, 5) is 24.8. The van der Waals surface area contributed by atoms with Crippen molar-refractivity contribution in [2.24, 2.45) is 0 Å². The predicted molar refractivity (Wildman–Crippen MR) is 127 cm³/mol. The molecule has 3 N–H and O–H groups in total. The van der Waals surface area contributed by atoms with E-state index < -0.39 is 61.9 Å². The highest BCUT2D eigenvalue weighted by atomic mass is 35.5. The van der Waals surface area contributed by atoms with Crippen LogP contribution >= 0.6 is 19.3 Å². The number of ether oxygens (including phenoxy) is 2. The Balaban J connectivity index is 1.76. The number of alkyl halides is 2. The summed E-state index contributed by atoms with van der Waals surface area (Å²) in [5.74, 6) is -1.06. The van der Waals surface area contributed by atoms with Crippen LogP contribution in [0.3, 0.4) is 0 Å². The van der Waals surface area contributed by atoms with E-state index in [9.17, 15) is 19.3 Å². The van der Waals surface area contributed by atoms with Crippen LogP contribution in [0.4, 0.5) is 4.39 Å². The zero-order valence-corrected chi connectivity index (χ0v) is 21.4. The van der Waals surface area contributed by atoms with Gasteiger partial charge in [-0.05, 0) is 32.9 Å². The minimum absolute atomic E-state index is 0.0267. The van der Waals surface area contributed by atoms with Crippen LogP contribution in [0.25, 0.3) is 0 Å². The van der Waals surface area contributed by atoms with Crippen molar-refractivity contribution >= 4 is 31.2 Å². The summed E-state index contributed by atoms with van der Waals surface area (Å²) >= 11 is 5.96. The number of hydrogen-bond acceptors (Lipinski definition) is 9. The van der Waals surface area contributed by atoms with E-state index in [1.54, 1.807) is 32.0 Å². The van der Waals surface area contributed by atoms with E-state index in [1.807, 2.05) is 0 Å². The Bertz CT molecular complexity index is 1060. The van der Waals surface area contributed by atoms with Crippen molar-refractivity contribution in [3.8, 4) is 5.75 Å². The molecule has 14 heteroatoms. The minimum Gasteiger partial charge on any atom is -0.462 e. The Morgan fingerprint density at radius 2 is 2.06 bits per heavy atom. The van der Waals surface area contributed by atoms with Crippen LogP contribution in [0.5, 0.6) is 5.75 Å². The number of nitrogens with one attached hydrogen (secondary N) is 2. The number of para-hydroxylation sites is 1. The van der Waals surface area contributed by atoms with E-state index in [2.05, 4.69) is 17.0 Å². The molecule has 0 spiro atoms. The normalized spacial score (nSPS) is 28.5. The molecule has 6 atom stereocenters. The van der Waals surface area contributed by atoms with Crippen molar-refractivity contribution in [1.82, 2.24) is 15.3 Å². The van der Waals surface area contributed by atoms with E-state index >= 15 is 4.39 Å². The van der Waals surface area contributed by atoms with E-state index in [0.717, 1.165) is 11.0 Å². The molecule has 1 aromatic rings. The molecule has 1 aromatic carbocycles. The van der Waals surface area contributed by atoms with Gasteiger partial charge < -0.3 is 29.3 Å². The van der Waals surface area contributed by atoms with Crippen LogP contribution in [0.2, 0.25) is 0 Å². The molecule has 1 saturated heterocycles. The van der Waals surface area contributed by atoms with Crippen molar-refractivity contribution in [3.63, 3.8) is 0 Å². The molecule has 1 fully saturated rings. The van der Waals surface area contributed by atoms with E-state index in [-0.39, 0.29) is 11.6 Å². The first-order chi connectivity index (χ1) is 16.8. The maximum absolute atomic E-state index is 15.3. The summed E-state index contributed by atoms with van der Waals surface area (Å²) in [6.07, 6.45) is -3.06. The molecular formula is C22H28ClFN3O8P. The Hall–Kier alpha value is -2.47. The van der Waals surface area contributed by atoms with Gasteiger partial charge in [-0.25, -0.2) is 8.96 Å². The van der Waals surface area contributed by atoms with Crippen molar-refractivity contribution < 1.29 is 42.2 Å². The summed E-state index contributed by atoms with van der Waals surface area (Å²) in [5.41, 5.74) is 0. The largest absolute Gasteiger partial charge is 0.462 e. The number of hydrogen-bond donors (Lipinski definition) is 3. The molecule has 0 aliphatic carbocycles. The van der Waals surface area contributed by atoms with Crippen LogP contribution in [-0.2, 0) is 28.2 Å². The minimum atomic E-state index is -4.30. The average molecular weight is 548 g/mol. The van der Waals surface area contributed by atoms with Gasteiger partial charge in [0.05, 0.1) is 12.7 Å². The van der Waals surface area contributed by atoms with Gasteiger partial charge in [0.25, 0.3) is 11.0 Å². The van der Waals surface area contributed by atoms with Crippen molar-refractivity contribution in [3.05, 3.63) is 55.0 Å². The van der Waals surface area contributed by atoms with Gasteiger partial charge in [-0.2, -0.15) is 5.09 Å². The summed E-state index contributed by atoms with van der Waals surface area (Å²) in [6.45, 7) is 7.69. The number of nitrogens with zero attached hydrogens (tertiary/aromatic N) is 1. The fourth-order valence-corrected chi connectivity index (χ4v) is 5.12. The third kappa shape index (κ3) is 6.64. The first kappa shape index (κ1) is 28.1. The van der Waals surface area contributed by atoms with Crippen LogP contribution in [-0.4, -0.2) is 64.2 Å². The standard InChI is InChI=1S/C22H28ClFN3O8P/c1-13(2)33-20(30)14(3)26-36(31,35-16-8-6-5-7-9-16)32-12-17-19(29)22(23,24)21(34-17)27-11-10-18(28)25-15(27)4/h5-11,13-14,17,19,21,29H,4,12H2,1-3H3,(H,25,28)(H,26,31)/t14-,17+,19-,21+,22?,36?/m0/s1. The van der Waals surface area contributed by atoms with Gasteiger partial charge in [0.1, 0.15) is 29.8 Å². The lowest BCUT2D eigenvalue weighted by atomic mass is 10.1. The Kier molecular flexibility index (Phi) is 8.81. The lowest BCUT2D eigenvalue weighted by Crippen LogP contribution is -2.49. The SMILES string of the molecule is C=C1NC(=O)C=CN1[C@@H]1O[C@H](COP(=O)(N[C@@H](C)C(=O)OC(C)C)Oc2ccccc2)[C@H](O)C1(F)Cl. The molecule has 0 aromatic heterocycles. The number of amides is 1. The Labute approximate surface area is 212 Å². The molecular weight excluding hydrogens is 520 g/mol. The third-order valence-electron chi connectivity index (χ3n) is 5.03. The first-order valence-corrected chi connectivity index (χ1v) is 12.9. The average Bonchev–Trinajstić information content (AvgIpc) is 3.01. The fourth-order valence-electron chi connectivity index (χ4n) is 3.32. The van der Waals surface area contributed by atoms with Crippen LogP contribution < -0.4 is 14.9 Å². The number of esters is 1. The zero-order valence-electron chi connectivity index (χ0n) is 19.8. The molecule has 1 amide bonds. The van der Waals surface area contributed by atoms with E-state index in [0.29, 0.717) is 0 Å². The van der Waals surface area contributed by atoms with Gasteiger partial charge in [-0.15, -0.1) is 0 Å². The molecule has 198 valence electrons. The highest BCUT2D eigenvalue weighted by Crippen LogP contribution is 2.47. The molecule has 0 bridgehead atoms. The second-order valence-corrected chi connectivity index (χ2v) is 10.6. The van der Waals surface area contributed by atoms with Gasteiger partial charge in [-0.1, -0.05) is 36.4 Å². The number of halogens is 2. The van der Waals surface area contributed by atoms with Gasteiger partial charge in [0.15, 0.2) is 6.23 Å². The molecule has 3 rings (SSSR count). The lowest BCUT2D eigenvalue weighted by Gasteiger charge is -2.34. The molecule has 2 unspecified atom stereocenters. The third-order valence-corrected chi connectivity index (χ3v) is 7.09. The predicted octanol–water partition coefficient (Wildman–Crippen LogP) is 2.53. The van der Waals surface area contributed by atoms with E-state index in [4.69, 9.17) is 30.1 Å². The molecule has 0 radical (unpaired) electrons. The molecule has 2 aliphatic rings. The number of carbonyl (C=O) groups excluding carboxylic acids is 2. The van der Waals surface area contributed by atoms with E-state index in [1.165, 1.54) is 25.3 Å². The highest BCUT2D eigenvalue weighted by molar-refractivity contribution is 7.52. The van der Waals surface area contributed by atoms with Gasteiger partial charge in [0.2, 0.25) is 0 Å².